The minimum atomic E-state index is 0.226. The molecule has 0 bridgehead atoms. The van der Waals surface area contributed by atoms with Gasteiger partial charge in [0.25, 0.3) is 0 Å². The number of ether oxygens (including phenoxy) is 1. The van der Waals surface area contributed by atoms with E-state index in [1.807, 2.05) is 17.6 Å². The number of aromatic nitrogens is 2. The van der Waals surface area contributed by atoms with Gasteiger partial charge in [0.15, 0.2) is 0 Å². The van der Waals surface area contributed by atoms with Crippen LogP contribution in [0, 0.1) is 6.92 Å². The Morgan fingerprint density at radius 3 is 2.88 bits per heavy atom. The summed E-state index contributed by atoms with van der Waals surface area (Å²) >= 11 is 0. The Morgan fingerprint density at radius 1 is 1.35 bits per heavy atom. The minimum absolute atomic E-state index is 0.226. The molecule has 4 nitrogen and oxygen atoms in total. The van der Waals surface area contributed by atoms with Crippen LogP contribution in [0.2, 0.25) is 0 Å². The van der Waals surface area contributed by atoms with E-state index in [4.69, 9.17) is 4.74 Å². The molecule has 0 aliphatic rings. The van der Waals surface area contributed by atoms with Gasteiger partial charge < -0.3 is 14.4 Å². The highest BCUT2D eigenvalue weighted by Crippen LogP contribution is 2.22. The van der Waals surface area contributed by atoms with E-state index in [0.29, 0.717) is 12.4 Å². The number of hydrogen-bond donors (Lipinski definition) is 1. The summed E-state index contributed by atoms with van der Waals surface area (Å²) in [4.78, 5) is 4.07. The fraction of sp³-hybridized carbons (Fsp3) is 0.308. The summed E-state index contributed by atoms with van der Waals surface area (Å²) in [6.07, 6.45) is 3.57. The average Bonchev–Trinajstić information content (AvgIpc) is 2.72. The van der Waals surface area contributed by atoms with Gasteiger partial charge in [-0.15, -0.1) is 0 Å². The Labute approximate surface area is 100 Å². The molecule has 90 valence electrons. The highest BCUT2D eigenvalue weighted by molar-refractivity contribution is 5.36. The van der Waals surface area contributed by atoms with Crippen LogP contribution in [0.5, 0.6) is 11.5 Å². The molecule has 17 heavy (non-hydrogen) atoms. The van der Waals surface area contributed by atoms with Crippen molar-refractivity contribution in [1.29, 1.82) is 0 Å². The number of phenolic OH excluding ortho intramolecular Hbond substituents is 1. The molecule has 1 aromatic heterocycles. The molecule has 0 spiro atoms. The molecule has 1 N–H and O–H groups in total. The van der Waals surface area contributed by atoms with Crippen molar-refractivity contribution in [2.24, 2.45) is 0 Å². The summed E-state index contributed by atoms with van der Waals surface area (Å²) in [6.45, 7) is 5.31. The first-order valence-corrected chi connectivity index (χ1v) is 5.61. The van der Waals surface area contributed by atoms with E-state index in [0.717, 1.165) is 17.8 Å². The number of aryl methyl sites for hydroxylation is 2. The summed E-state index contributed by atoms with van der Waals surface area (Å²) in [5.74, 6) is 0.898. The van der Waals surface area contributed by atoms with Crippen LogP contribution >= 0.6 is 0 Å². The summed E-state index contributed by atoms with van der Waals surface area (Å²) in [5.41, 5.74) is 2.00. The molecule has 0 fully saturated rings. The van der Waals surface area contributed by atoms with Crippen LogP contribution in [-0.4, -0.2) is 14.7 Å². The lowest BCUT2D eigenvalue weighted by atomic mass is 10.2. The number of benzene rings is 1. The monoisotopic (exact) mass is 232 g/mol. The topological polar surface area (TPSA) is 47.3 Å². The Bertz CT molecular complexity index is 486. The number of phenols is 1. The van der Waals surface area contributed by atoms with Crippen molar-refractivity contribution in [3.63, 3.8) is 0 Å². The molecule has 0 aliphatic heterocycles. The lowest BCUT2D eigenvalue weighted by Gasteiger charge is -2.09. The van der Waals surface area contributed by atoms with Gasteiger partial charge in [-0.25, -0.2) is 4.98 Å². The van der Waals surface area contributed by atoms with Crippen molar-refractivity contribution in [3.05, 3.63) is 42.0 Å². The van der Waals surface area contributed by atoms with Crippen LogP contribution in [0.15, 0.2) is 30.7 Å². The second-order valence-electron chi connectivity index (χ2n) is 3.96. The molecule has 0 amide bonds. The molecule has 0 saturated carbocycles. The average molecular weight is 232 g/mol. The highest BCUT2D eigenvalue weighted by atomic mass is 16.5. The van der Waals surface area contributed by atoms with Gasteiger partial charge in [-0.1, -0.05) is 0 Å². The molecule has 0 radical (unpaired) electrons. The third kappa shape index (κ3) is 2.78. The molecular weight excluding hydrogens is 216 g/mol. The molecule has 1 aromatic carbocycles. The van der Waals surface area contributed by atoms with Gasteiger partial charge in [-0.2, -0.15) is 0 Å². The molecule has 2 aromatic rings. The number of rotatable bonds is 4. The van der Waals surface area contributed by atoms with Crippen LogP contribution in [-0.2, 0) is 13.2 Å². The maximum absolute atomic E-state index is 9.45. The fourth-order valence-electron chi connectivity index (χ4n) is 1.72. The van der Waals surface area contributed by atoms with Gasteiger partial charge in [0, 0.05) is 12.6 Å². The van der Waals surface area contributed by atoms with Crippen LogP contribution in [0.4, 0.5) is 0 Å². The summed E-state index contributed by atoms with van der Waals surface area (Å²) in [7, 11) is 0. The zero-order valence-corrected chi connectivity index (χ0v) is 10.1. The molecule has 2 rings (SSSR count). The largest absolute Gasteiger partial charge is 0.508 e. The van der Waals surface area contributed by atoms with Crippen molar-refractivity contribution >= 4 is 0 Å². The Balaban J connectivity index is 2.07. The first-order chi connectivity index (χ1) is 8.19. The van der Waals surface area contributed by atoms with E-state index >= 15 is 0 Å². The first-order valence-electron chi connectivity index (χ1n) is 5.61. The van der Waals surface area contributed by atoms with Crippen LogP contribution < -0.4 is 4.74 Å². The van der Waals surface area contributed by atoms with E-state index in [-0.39, 0.29) is 5.75 Å². The van der Waals surface area contributed by atoms with E-state index in [1.54, 1.807) is 24.7 Å². The van der Waals surface area contributed by atoms with Crippen LogP contribution in [0.1, 0.15) is 18.2 Å². The second-order valence-corrected chi connectivity index (χ2v) is 3.96. The van der Waals surface area contributed by atoms with Crippen LogP contribution in [0.25, 0.3) is 0 Å². The van der Waals surface area contributed by atoms with E-state index < -0.39 is 0 Å². The first kappa shape index (κ1) is 11.5. The third-order valence-corrected chi connectivity index (χ3v) is 2.56. The van der Waals surface area contributed by atoms with E-state index in [2.05, 4.69) is 11.9 Å². The number of aromatic hydroxyl groups is 1. The zero-order chi connectivity index (χ0) is 12.3. The molecule has 0 atom stereocenters. The Morgan fingerprint density at radius 2 is 2.18 bits per heavy atom. The van der Waals surface area contributed by atoms with Gasteiger partial charge in [-0.05, 0) is 31.5 Å². The molecule has 0 saturated heterocycles. The standard InChI is InChI=1S/C13H16N2O2/c1-3-15-9-14-7-11(15)8-17-13-5-10(2)4-12(16)6-13/h4-7,9,16H,3,8H2,1-2H3. The van der Waals surface area contributed by atoms with Gasteiger partial charge in [0.1, 0.15) is 18.1 Å². The summed E-state index contributed by atoms with van der Waals surface area (Å²) < 4.78 is 7.66. The lowest BCUT2D eigenvalue weighted by Crippen LogP contribution is -2.03. The van der Waals surface area contributed by atoms with Gasteiger partial charge >= 0.3 is 0 Å². The normalized spacial score (nSPS) is 10.5. The van der Waals surface area contributed by atoms with Crippen LogP contribution in [0.3, 0.4) is 0 Å². The quantitative estimate of drug-likeness (QED) is 0.881. The predicted molar refractivity (Wildman–Crippen MR) is 65.1 cm³/mol. The summed E-state index contributed by atoms with van der Waals surface area (Å²) in [6, 6.07) is 5.20. The van der Waals surface area contributed by atoms with Gasteiger partial charge in [0.2, 0.25) is 0 Å². The molecule has 0 unspecified atom stereocenters. The zero-order valence-electron chi connectivity index (χ0n) is 10.1. The van der Waals surface area contributed by atoms with Crippen molar-refractivity contribution in [2.75, 3.05) is 0 Å². The summed E-state index contributed by atoms with van der Waals surface area (Å²) in [5, 5.41) is 9.45. The number of imidazole rings is 1. The van der Waals surface area contributed by atoms with Crippen molar-refractivity contribution < 1.29 is 9.84 Å². The van der Waals surface area contributed by atoms with Crippen molar-refractivity contribution in [1.82, 2.24) is 9.55 Å². The third-order valence-electron chi connectivity index (χ3n) is 2.56. The molecular formula is C13H16N2O2. The second kappa shape index (κ2) is 4.91. The van der Waals surface area contributed by atoms with Gasteiger partial charge in [0.05, 0.1) is 18.2 Å². The molecule has 4 heteroatoms. The van der Waals surface area contributed by atoms with Crippen molar-refractivity contribution in [2.45, 2.75) is 27.0 Å². The smallest absolute Gasteiger partial charge is 0.130 e. The van der Waals surface area contributed by atoms with E-state index in [1.165, 1.54) is 0 Å². The maximum atomic E-state index is 9.45. The van der Waals surface area contributed by atoms with Crippen molar-refractivity contribution in [3.8, 4) is 11.5 Å². The highest BCUT2D eigenvalue weighted by Gasteiger charge is 2.03. The van der Waals surface area contributed by atoms with E-state index in [9.17, 15) is 5.11 Å². The Kier molecular flexibility index (Phi) is 3.32. The Hall–Kier alpha value is -1.97. The lowest BCUT2D eigenvalue weighted by molar-refractivity contribution is 0.293. The maximum Gasteiger partial charge on any atom is 0.130 e. The predicted octanol–water partition coefficient (Wildman–Crippen LogP) is 2.50. The fourth-order valence-corrected chi connectivity index (χ4v) is 1.72. The molecule has 1 heterocycles. The minimum Gasteiger partial charge on any atom is -0.508 e. The van der Waals surface area contributed by atoms with Gasteiger partial charge in [-0.3, -0.25) is 0 Å². The SMILES string of the molecule is CCn1cncc1COc1cc(C)cc(O)c1. The number of nitrogens with zero attached hydrogens (tertiary/aromatic N) is 2. The number of hydrogen-bond acceptors (Lipinski definition) is 3. The molecule has 0 aliphatic carbocycles.